The van der Waals surface area contributed by atoms with Crippen LogP contribution >= 0.6 is 0 Å². The Kier molecular flexibility index (Phi) is 4.66. The molecule has 0 saturated heterocycles. The lowest BCUT2D eigenvalue weighted by atomic mass is 10.2. The smallest absolute Gasteiger partial charge is 0.242 e. The lowest BCUT2D eigenvalue weighted by Crippen LogP contribution is -2.34. The minimum Gasteiger partial charge on any atom is -0.339 e. The lowest BCUT2D eigenvalue weighted by Gasteiger charge is -2.17. The van der Waals surface area contributed by atoms with Crippen molar-refractivity contribution >= 4 is 21.4 Å². The third kappa shape index (κ3) is 3.64. The predicted octanol–water partition coefficient (Wildman–Crippen LogP) is 1.53. The first-order chi connectivity index (χ1) is 11.5. The number of nitrogens with zero attached hydrogens (tertiary/aromatic N) is 3. The molecule has 0 fully saturated rings. The van der Waals surface area contributed by atoms with Gasteiger partial charge in [-0.15, -0.1) is 0 Å². The van der Waals surface area contributed by atoms with Gasteiger partial charge in [0.1, 0.15) is 11.5 Å². The van der Waals surface area contributed by atoms with Crippen molar-refractivity contribution in [1.82, 2.24) is 10.1 Å². The first-order valence-corrected chi connectivity index (χ1v) is 9.71. The second-order valence-corrected chi connectivity index (χ2v) is 7.88. The number of aromatic nitrogens is 2. The molecule has 0 N–H and O–H groups in total. The minimum absolute atomic E-state index is 0.105. The summed E-state index contributed by atoms with van der Waals surface area (Å²) in [5.41, 5.74) is 1.85. The fourth-order valence-electron chi connectivity index (χ4n) is 2.78. The van der Waals surface area contributed by atoms with E-state index in [2.05, 4.69) is 10.1 Å². The van der Waals surface area contributed by atoms with Crippen LogP contribution in [-0.4, -0.2) is 36.8 Å². The van der Waals surface area contributed by atoms with Gasteiger partial charge in [-0.3, -0.25) is 4.79 Å². The van der Waals surface area contributed by atoms with Gasteiger partial charge < -0.3 is 9.42 Å². The molecule has 7 nitrogen and oxygen atoms in total. The summed E-state index contributed by atoms with van der Waals surface area (Å²) in [6.45, 7) is 2.48. The van der Waals surface area contributed by atoms with Gasteiger partial charge in [0.2, 0.25) is 11.8 Å². The summed E-state index contributed by atoms with van der Waals surface area (Å²) in [6.07, 6.45) is 2.19. The van der Waals surface area contributed by atoms with Crippen molar-refractivity contribution in [3.63, 3.8) is 0 Å². The van der Waals surface area contributed by atoms with Gasteiger partial charge in [0.05, 0.1) is 0 Å². The summed E-state index contributed by atoms with van der Waals surface area (Å²) in [6, 6.07) is 7.54. The number of hydrogen-bond donors (Lipinski definition) is 0. The van der Waals surface area contributed by atoms with Gasteiger partial charge in [-0.25, -0.2) is 8.42 Å². The molecule has 2 heterocycles. The fourth-order valence-corrected chi connectivity index (χ4v) is 3.92. The van der Waals surface area contributed by atoms with Crippen molar-refractivity contribution in [3.8, 4) is 0 Å². The molecular weight excluding hydrogens is 330 g/mol. The molecule has 1 aromatic heterocycles. The van der Waals surface area contributed by atoms with Gasteiger partial charge in [-0.1, -0.05) is 30.3 Å². The van der Waals surface area contributed by atoms with Crippen molar-refractivity contribution < 1.29 is 17.7 Å². The predicted molar refractivity (Wildman–Crippen MR) is 88.3 cm³/mol. The van der Waals surface area contributed by atoms with E-state index in [0.29, 0.717) is 18.9 Å². The molecule has 1 aliphatic rings. The molecule has 3 rings (SSSR count). The normalized spacial score (nSPS) is 14.0. The van der Waals surface area contributed by atoms with Crippen LogP contribution in [0.25, 0.3) is 0 Å². The van der Waals surface area contributed by atoms with Gasteiger partial charge in [0.25, 0.3) is 0 Å². The number of fused-ring (bicyclic) bond motifs is 1. The third-order valence-corrected chi connectivity index (χ3v) is 5.24. The number of para-hydroxylation sites is 1. The van der Waals surface area contributed by atoms with Gasteiger partial charge in [0, 0.05) is 18.7 Å². The number of sulfone groups is 1. The zero-order chi connectivity index (χ0) is 17.2. The Balaban J connectivity index is 1.67. The van der Waals surface area contributed by atoms with E-state index in [4.69, 9.17) is 4.52 Å². The van der Waals surface area contributed by atoms with Crippen molar-refractivity contribution in [1.29, 1.82) is 0 Å². The van der Waals surface area contributed by atoms with Gasteiger partial charge in [-0.2, -0.15) is 4.98 Å². The largest absolute Gasteiger partial charge is 0.339 e. The Morgan fingerprint density at radius 2 is 2.12 bits per heavy atom. The highest BCUT2D eigenvalue weighted by Crippen LogP contribution is 2.27. The monoisotopic (exact) mass is 349 g/mol. The van der Waals surface area contributed by atoms with E-state index in [1.807, 2.05) is 31.2 Å². The number of carbonyl (C=O) groups is 1. The first kappa shape index (κ1) is 16.6. The maximum absolute atomic E-state index is 12.4. The van der Waals surface area contributed by atoms with Crippen molar-refractivity contribution in [2.24, 2.45) is 0 Å². The molecule has 2 aromatic rings. The molecule has 0 unspecified atom stereocenters. The highest BCUT2D eigenvalue weighted by atomic mass is 32.2. The van der Waals surface area contributed by atoms with Crippen LogP contribution in [0, 0.1) is 0 Å². The molecule has 8 heteroatoms. The molecule has 24 heavy (non-hydrogen) atoms. The molecule has 1 aromatic carbocycles. The van der Waals surface area contributed by atoms with E-state index in [-0.39, 0.29) is 11.6 Å². The van der Waals surface area contributed by atoms with Crippen LogP contribution in [0.1, 0.15) is 30.6 Å². The lowest BCUT2D eigenvalue weighted by molar-refractivity contribution is -0.116. The Hall–Kier alpha value is -2.22. The second kappa shape index (κ2) is 6.72. The van der Waals surface area contributed by atoms with Crippen molar-refractivity contribution in [2.45, 2.75) is 31.9 Å². The molecule has 0 spiro atoms. The van der Waals surface area contributed by atoms with E-state index in [9.17, 15) is 13.2 Å². The highest BCUT2D eigenvalue weighted by molar-refractivity contribution is 7.91. The molecular formula is C16H19N3O4S. The van der Waals surface area contributed by atoms with E-state index < -0.39 is 21.5 Å². The van der Waals surface area contributed by atoms with Crippen LogP contribution in [0.2, 0.25) is 0 Å². The molecule has 1 aliphatic heterocycles. The molecule has 0 atom stereocenters. The number of rotatable bonds is 6. The van der Waals surface area contributed by atoms with Gasteiger partial charge >= 0.3 is 0 Å². The quantitative estimate of drug-likeness (QED) is 0.785. The highest BCUT2D eigenvalue weighted by Gasteiger charge is 2.28. The van der Waals surface area contributed by atoms with Crippen LogP contribution < -0.4 is 4.90 Å². The zero-order valence-electron chi connectivity index (χ0n) is 13.4. The van der Waals surface area contributed by atoms with Crippen LogP contribution in [-0.2, 0) is 33.2 Å². The van der Waals surface area contributed by atoms with Crippen LogP contribution in [0.3, 0.4) is 0 Å². The summed E-state index contributed by atoms with van der Waals surface area (Å²) in [7, 11) is -3.65. The van der Waals surface area contributed by atoms with E-state index in [0.717, 1.165) is 24.1 Å². The number of anilines is 1. The van der Waals surface area contributed by atoms with E-state index in [1.54, 1.807) is 0 Å². The average molecular weight is 349 g/mol. The van der Waals surface area contributed by atoms with Gasteiger partial charge in [-0.05, 0) is 24.5 Å². The molecule has 0 bridgehead atoms. The number of carbonyl (C=O) groups excluding carboxylic acids is 1. The summed E-state index contributed by atoms with van der Waals surface area (Å²) in [5.74, 6) is -0.840. The Labute approximate surface area is 140 Å². The summed E-state index contributed by atoms with van der Waals surface area (Å²) < 4.78 is 29.5. The fraction of sp³-hybridized carbons (Fsp3) is 0.438. The molecule has 0 aliphatic carbocycles. The molecule has 0 radical (unpaired) electrons. The number of hydrogen-bond acceptors (Lipinski definition) is 6. The third-order valence-electron chi connectivity index (χ3n) is 3.85. The number of amides is 1. The number of benzene rings is 1. The summed E-state index contributed by atoms with van der Waals surface area (Å²) in [5, 5.41) is 3.67. The average Bonchev–Trinajstić information content (AvgIpc) is 3.13. The Bertz CT molecular complexity index is 845. The van der Waals surface area contributed by atoms with Gasteiger partial charge in [0.15, 0.2) is 15.7 Å². The summed E-state index contributed by atoms with van der Waals surface area (Å²) >= 11 is 0. The minimum atomic E-state index is -3.65. The van der Waals surface area contributed by atoms with E-state index in [1.165, 1.54) is 4.90 Å². The second-order valence-electron chi connectivity index (χ2n) is 5.81. The molecule has 1 amide bonds. The first-order valence-electron chi connectivity index (χ1n) is 7.88. The maximum atomic E-state index is 12.4. The standard InChI is InChI=1S/C16H19N3O4S/c1-2-5-15-17-14(18-23-15)10-24(21,22)11-16(20)19-9-8-12-6-3-4-7-13(12)19/h3-4,6-7H,2,5,8-11H2,1H3. The van der Waals surface area contributed by atoms with Crippen LogP contribution in [0.5, 0.6) is 0 Å². The van der Waals surface area contributed by atoms with Crippen molar-refractivity contribution in [3.05, 3.63) is 41.5 Å². The number of aryl methyl sites for hydroxylation is 1. The topological polar surface area (TPSA) is 93.4 Å². The van der Waals surface area contributed by atoms with E-state index >= 15 is 0 Å². The molecule has 0 saturated carbocycles. The Morgan fingerprint density at radius 1 is 1.33 bits per heavy atom. The van der Waals surface area contributed by atoms with Crippen LogP contribution in [0.15, 0.2) is 28.8 Å². The molecule has 128 valence electrons. The van der Waals surface area contributed by atoms with Crippen molar-refractivity contribution in [2.75, 3.05) is 17.2 Å². The maximum Gasteiger partial charge on any atom is 0.242 e. The van der Waals surface area contributed by atoms with Crippen LogP contribution in [0.4, 0.5) is 5.69 Å². The SMILES string of the molecule is CCCc1nc(CS(=O)(=O)CC(=O)N2CCc3ccccc32)no1. The Morgan fingerprint density at radius 3 is 2.92 bits per heavy atom. The summed E-state index contributed by atoms with van der Waals surface area (Å²) in [4.78, 5) is 18.0. The zero-order valence-corrected chi connectivity index (χ0v) is 14.3.